The van der Waals surface area contributed by atoms with E-state index in [4.69, 9.17) is 14.2 Å². The van der Waals surface area contributed by atoms with Crippen LogP contribution in [0.2, 0.25) is 0 Å². The second-order valence-electron chi connectivity index (χ2n) is 6.85. The molecule has 0 spiro atoms. The number of hydrogen-bond acceptors (Lipinski definition) is 5. The second kappa shape index (κ2) is 8.77. The quantitative estimate of drug-likeness (QED) is 0.678. The van der Waals surface area contributed by atoms with Gasteiger partial charge in [-0.3, -0.25) is 4.79 Å². The van der Waals surface area contributed by atoms with Crippen LogP contribution in [0.4, 0.5) is 10.5 Å². The maximum absolute atomic E-state index is 13.1. The first-order valence-electron chi connectivity index (χ1n) is 9.34. The Labute approximate surface area is 175 Å². The summed E-state index contributed by atoms with van der Waals surface area (Å²) < 4.78 is 16.2. The molecule has 0 saturated heterocycles. The molecule has 30 heavy (non-hydrogen) atoms. The lowest BCUT2D eigenvalue weighted by Crippen LogP contribution is -2.46. The van der Waals surface area contributed by atoms with Gasteiger partial charge in [0.05, 0.1) is 32.9 Å². The summed E-state index contributed by atoms with van der Waals surface area (Å²) in [5, 5.41) is 8.36. The van der Waals surface area contributed by atoms with Crippen LogP contribution < -0.4 is 30.2 Å². The Morgan fingerprint density at radius 3 is 2.10 bits per heavy atom. The summed E-state index contributed by atoms with van der Waals surface area (Å²) in [6, 6.07) is 9.78. The van der Waals surface area contributed by atoms with E-state index in [1.165, 1.54) is 21.3 Å². The highest BCUT2D eigenvalue weighted by molar-refractivity contribution is 6.06. The largest absolute Gasteiger partial charge is 0.493 e. The van der Waals surface area contributed by atoms with Crippen molar-refractivity contribution in [3.8, 4) is 17.2 Å². The number of amides is 3. The van der Waals surface area contributed by atoms with E-state index in [2.05, 4.69) is 16.0 Å². The lowest BCUT2D eigenvalue weighted by Gasteiger charge is -2.29. The van der Waals surface area contributed by atoms with Gasteiger partial charge in [-0.05, 0) is 43.7 Å². The fraction of sp³-hybridized carbons (Fsp3) is 0.273. The summed E-state index contributed by atoms with van der Waals surface area (Å²) >= 11 is 0. The molecule has 0 fully saturated rings. The molecule has 3 N–H and O–H groups in total. The van der Waals surface area contributed by atoms with Crippen molar-refractivity contribution < 1.29 is 23.8 Å². The third-order valence-electron chi connectivity index (χ3n) is 4.84. The summed E-state index contributed by atoms with van der Waals surface area (Å²) in [7, 11) is 4.53. The Bertz CT molecular complexity index is 973. The van der Waals surface area contributed by atoms with Gasteiger partial charge >= 0.3 is 6.03 Å². The molecule has 8 heteroatoms. The van der Waals surface area contributed by atoms with Crippen LogP contribution >= 0.6 is 0 Å². The van der Waals surface area contributed by atoms with Crippen molar-refractivity contribution in [3.63, 3.8) is 0 Å². The van der Waals surface area contributed by atoms with E-state index < -0.39 is 12.1 Å². The topological polar surface area (TPSA) is 97.9 Å². The lowest BCUT2D eigenvalue weighted by molar-refractivity contribution is -0.113. The van der Waals surface area contributed by atoms with Crippen LogP contribution in [0.25, 0.3) is 0 Å². The Morgan fingerprint density at radius 2 is 1.57 bits per heavy atom. The third-order valence-corrected chi connectivity index (χ3v) is 4.84. The number of methoxy groups -OCH3 is 3. The van der Waals surface area contributed by atoms with Gasteiger partial charge in [0.15, 0.2) is 11.5 Å². The first kappa shape index (κ1) is 21.0. The third kappa shape index (κ3) is 4.17. The van der Waals surface area contributed by atoms with E-state index in [9.17, 15) is 9.59 Å². The Morgan fingerprint density at radius 1 is 0.967 bits per heavy atom. The highest BCUT2D eigenvalue weighted by Crippen LogP contribution is 2.41. The number of carbonyl (C=O) groups excluding carboxylic acids is 2. The zero-order chi connectivity index (χ0) is 21.8. The highest BCUT2D eigenvalue weighted by Gasteiger charge is 2.32. The normalized spacial score (nSPS) is 15.8. The van der Waals surface area contributed by atoms with Gasteiger partial charge in [0.2, 0.25) is 5.75 Å². The molecule has 0 aliphatic carbocycles. The molecule has 158 valence electrons. The Balaban J connectivity index is 2.03. The number of carbonyl (C=O) groups is 2. The molecule has 2 aromatic rings. The average molecular weight is 411 g/mol. The van der Waals surface area contributed by atoms with Crippen molar-refractivity contribution in [2.45, 2.75) is 19.9 Å². The molecule has 2 aromatic carbocycles. The number of rotatable bonds is 6. The monoisotopic (exact) mass is 411 g/mol. The van der Waals surface area contributed by atoms with Gasteiger partial charge in [0.1, 0.15) is 0 Å². The molecule has 0 radical (unpaired) electrons. The fourth-order valence-electron chi connectivity index (χ4n) is 3.35. The molecule has 3 rings (SSSR count). The van der Waals surface area contributed by atoms with Gasteiger partial charge in [0.25, 0.3) is 5.91 Å². The maximum atomic E-state index is 13.1. The van der Waals surface area contributed by atoms with Crippen LogP contribution in [0.3, 0.4) is 0 Å². The number of ether oxygens (including phenoxy) is 3. The van der Waals surface area contributed by atoms with E-state index in [1.54, 1.807) is 19.1 Å². The molecule has 3 amide bonds. The Kier molecular flexibility index (Phi) is 6.15. The van der Waals surface area contributed by atoms with Crippen LogP contribution in [-0.2, 0) is 4.79 Å². The Hall–Kier alpha value is -3.68. The number of urea groups is 1. The molecule has 1 heterocycles. The summed E-state index contributed by atoms with van der Waals surface area (Å²) in [5.41, 5.74) is 3.20. The van der Waals surface area contributed by atoms with Crippen LogP contribution in [0, 0.1) is 6.92 Å². The molecule has 0 bridgehead atoms. The smallest absolute Gasteiger partial charge is 0.319 e. The van der Waals surface area contributed by atoms with Gasteiger partial charge in [-0.15, -0.1) is 0 Å². The molecule has 1 aliphatic heterocycles. The first-order valence-corrected chi connectivity index (χ1v) is 9.34. The van der Waals surface area contributed by atoms with Crippen molar-refractivity contribution >= 4 is 17.6 Å². The van der Waals surface area contributed by atoms with Crippen molar-refractivity contribution in [1.29, 1.82) is 0 Å². The summed E-state index contributed by atoms with van der Waals surface area (Å²) in [4.78, 5) is 25.3. The van der Waals surface area contributed by atoms with Gasteiger partial charge in [-0.2, -0.15) is 0 Å². The predicted molar refractivity (Wildman–Crippen MR) is 113 cm³/mol. The van der Waals surface area contributed by atoms with Gasteiger partial charge < -0.3 is 30.2 Å². The first-order chi connectivity index (χ1) is 14.4. The van der Waals surface area contributed by atoms with Crippen molar-refractivity contribution in [3.05, 3.63) is 58.8 Å². The SMILES string of the molecule is COc1cc([C@@H]2NC(=O)NC(C)=C2C(=O)Nc2ccc(C)cc2)cc(OC)c1OC. The van der Waals surface area contributed by atoms with Crippen molar-refractivity contribution in [2.24, 2.45) is 0 Å². The molecule has 8 nitrogen and oxygen atoms in total. The highest BCUT2D eigenvalue weighted by atomic mass is 16.5. The van der Waals surface area contributed by atoms with Gasteiger partial charge in [-0.25, -0.2) is 4.79 Å². The second-order valence-corrected chi connectivity index (χ2v) is 6.85. The zero-order valence-electron chi connectivity index (χ0n) is 17.6. The lowest BCUT2D eigenvalue weighted by atomic mass is 9.94. The van der Waals surface area contributed by atoms with Crippen LogP contribution in [-0.4, -0.2) is 33.3 Å². The van der Waals surface area contributed by atoms with Gasteiger partial charge in [0, 0.05) is 11.4 Å². The molecular weight excluding hydrogens is 386 g/mol. The van der Waals surface area contributed by atoms with E-state index in [0.29, 0.717) is 39.8 Å². The average Bonchev–Trinajstić information content (AvgIpc) is 2.73. The minimum atomic E-state index is -0.710. The summed E-state index contributed by atoms with van der Waals surface area (Å²) in [6.07, 6.45) is 0. The maximum Gasteiger partial charge on any atom is 0.319 e. The fourth-order valence-corrected chi connectivity index (χ4v) is 3.35. The number of hydrogen-bond donors (Lipinski definition) is 3. The van der Waals surface area contributed by atoms with Crippen LogP contribution in [0.15, 0.2) is 47.7 Å². The summed E-state index contributed by atoms with van der Waals surface area (Å²) in [5.74, 6) is 0.948. The number of aryl methyl sites for hydroxylation is 1. The standard InChI is InChI=1S/C22H25N3O5/c1-12-6-8-15(9-7-12)24-21(26)18-13(2)23-22(27)25-19(18)14-10-16(28-3)20(30-5)17(11-14)29-4/h6-11,19H,1-5H3,(H,24,26)(H2,23,25,27)/t19-/m0/s1. The molecule has 1 atom stereocenters. The minimum Gasteiger partial charge on any atom is -0.493 e. The zero-order valence-corrected chi connectivity index (χ0v) is 17.6. The van der Waals surface area contributed by atoms with E-state index in [-0.39, 0.29) is 5.91 Å². The van der Waals surface area contributed by atoms with Gasteiger partial charge in [-0.1, -0.05) is 17.7 Å². The number of nitrogens with one attached hydrogen (secondary N) is 3. The molecule has 0 saturated carbocycles. The molecule has 0 aromatic heterocycles. The predicted octanol–water partition coefficient (Wildman–Crippen LogP) is 3.29. The van der Waals surface area contributed by atoms with E-state index in [1.807, 2.05) is 31.2 Å². The van der Waals surface area contributed by atoms with Crippen molar-refractivity contribution in [1.82, 2.24) is 10.6 Å². The number of benzene rings is 2. The number of anilines is 1. The molecule has 1 aliphatic rings. The van der Waals surface area contributed by atoms with Crippen molar-refractivity contribution in [2.75, 3.05) is 26.6 Å². The summed E-state index contributed by atoms with van der Waals surface area (Å²) in [6.45, 7) is 3.66. The van der Waals surface area contributed by atoms with Crippen LogP contribution in [0.5, 0.6) is 17.2 Å². The molecular formula is C22H25N3O5. The minimum absolute atomic E-state index is 0.331. The number of allylic oxidation sites excluding steroid dienone is 1. The molecule has 0 unspecified atom stereocenters. The van der Waals surface area contributed by atoms with E-state index >= 15 is 0 Å². The van der Waals surface area contributed by atoms with Crippen LogP contribution in [0.1, 0.15) is 24.1 Å². The van der Waals surface area contributed by atoms with E-state index in [0.717, 1.165) is 5.56 Å².